The lowest BCUT2D eigenvalue weighted by Crippen LogP contribution is -2.41. The molecule has 0 aliphatic carbocycles. The number of rotatable bonds is 6. The number of likely N-dealkylation sites (N-methyl/N-ethyl adjacent to an activating group) is 1. The highest BCUT2D eigenvalue weighted by Crippen LogP contribution is 2.03. The molecule has 0 bridgehead atoms. The summed E-state index contributed by atoms with van der Waals surface area (Å²) in [6, 6.07) is 11.0. The molecule has 92 valence electrons. The van der Waals surface area contributed by atoms with Crippen molar-refractivity contribution >= 4 is 0 Å². The lowest BCUT2D eigenvalue weighted by atomic mass is 10.2. The first-order valence-corrected chi connectivity index (χ1v) is 6.06. The van der Waals surface area contributed by atoms with Gasteiger partial charge in [-0.3, -0.25) is 0 Å². The highest BCUT2D eigenvalue weighted by molar-refractivity contribution is 5.14. The normalized spacial score (nSPS) is 14.3. The molecule has 0 spiro atoms. The molecule has 1 aromatic carbocycles. The van der Waals surface area contributed by atoms with Gasteiger partial charge in [-0.05, 0) is 26.5 Å². The van der Waals surface area contributed by atoms with E-state index in [1.54, 1.807) is 0 Å². The zero-order chi connectivity index (χ0) is 12.7. The number of hydrogen-bond donors (Lipinski definition) is 1. The Hall–Kier alpha value is -1.30. The average molecular weight is 230 g/mol. The molecule has 0 fully saturated rings. The molecule has 2 unspecified atom stereocenters. The highest BCUT2D eigenvalue weighted by atomic mass is 15.1. The van der Waals surface area contributed by atoms with Crippen LogP contribution in [0.4, 0.5) is 0 Å². The molecule has 0 aliphatic heterocycles. The minimum absolute atomic E-state index is 0.134. The summed E-state index contributed by atoms with van der Waals surface area (Å²) < 4.78 is 0. The predicted molar refractivity (Wildman–Crippen MR) is 73.7 cm³/mol. The van der Waals surface area contributed by atoms with Crippen LogP contribution in [0.5, 0.6) is 0 Å². The van der Waals surface area contributed by atoms with Crippen molar-refractivity contribution in [2.24, 2.45) is 0 Å². The summed E-state index contributed by atoms with van der Waals surface area (Å²) in [5, 5.41) is 3.37. The fraction of sp³-hybridized carbons (Fsp3) is 0.467. The second-order valence-electron chi connectivity index (χ2n) is 4.64. The van der Waals surface area contributed by atoms with Crippen molar-refractivity contribution in [3.8, 4) is 12.3 Å². The van der Waals surface area contributed by atoms with E-state index in [4.69, 9.17) is 6.42 Å². The molecular formula is C15H22N2. The largest absolute Gasteiger partial charge is 0.301 e. The SMILES string of the molecule is C#CC(C)NC(C)CN(C)Cc1ccccc1. The molecule has 0 saturated carbocycles. The van der Waals surface area contributed by atoms with Crippen molar-refractivity contribution in [1.29, 1.82) is 0 Å². The Morgan fingerprint density at radius 3 is 2.53 bits per heavy atom. The molecule has 0 heterocycles. The first-order chi connectivity index (χ1) is 8.11. The van der Waals surface area contributed by atoms with Crippen molar-refractivity contribution in [3.63, 3.8) is 0 Å². The first-order valence-electron chi connectivity index (χ1n) is 6.06. The maximum Gasteiger partial charge on any atom is 0.0660 e. The Morgan fingerprint density at radius 1 is 1.29 bits per heavy atom. The minimum atomic E-state index is 0.134. The molecule has 2 atom stereocenters. The van der Waals surface area contributed by atoms with Crippen LogP contribution < -0.4 is 5.32 Å². The van der Waals surface area contributed by atoms with Crippen molar-refractivity contribution in [3.05, 3.63) is 35.9 Å². The minimum Gasteiger partial charge on any atom is -0.301 e. The molecular weight excluding hydrogens is 208 g/mol. The van der Waals surface area contributed by atoms with Gasteiger partial charge in [-0.15, -0.1) is 6.42 Å². The second kappa shape index (κ2) is 7.11. The maximum absolute atomic E-state index is 5.35. The Bertz CT molecular complexity index is 353. The van der Waals surface area contributed by atoms with Crippen LogP contribution in [0.1, 0.15) is 19.4 Å². The first kappa shape index (κ1) is 13.8. The van der Waals surface area contributed by atoms with E-state index in [9.17, 15) is 0 Å². The Balaban J connectivity index is 2.35. The van der Waals surface area contributed by atoms with E-state index in [1.165, 1.54) is 5.56 Å². The summed E-state index contributed by atoms with van der Waals surface area (Å²) in [7, 11) is 2.13. The van der Waals surface area contributed by atoms with Crippen molar-refractivity contribution < 1.29 is 0 Å². The van der Waals surface area contributed by atoms with E-state index < -0.39 is 0 Å². The Morgan fingerprint density at radius 2 is 1.94 bits per heavy atom. The van der Waals surface area contributed by atoms with E-state index in [2.05, 4.69) is 54.4 Å². The summed E-state index contributed by atoms with van der Waals surface area (Å²) in [6.07, 6.45) is 5.35. The smallest absolute Gasteiger partial charge is 0.0660 e. The number of nitrogens with one attached hydrogen (secondary N) is 1. The van der Waals surface area contributed by atoms with Crippen LogP contribution in [-0.4, -0.2) is 30.6 Å². The van der Waals surface area contributed by atoms with Gasteiger partial charge in [0.25, 0.3) is 0 Å². The van der Waals surface area contributed by atoms with Gasteiger partial charge in [0.2, 0.25) is 0 Å². The molecule has 0 radical (unpaired) electrons. The average Bonchev–Trinajstić information content (AvgIpc) is 2.29. The summed E-state index contributed by atoms with van der Waals surface area (Å²) in [5.41, 5.74) is 1.34. The standard InChI is InChI=1S/C15H22N2/c1-5-13(2)16-14(3)11-17(4)12-15-9-7-6-8-10-15/h1,6-10,13-14,16H,11-12H2,2-4H3. The quantitative estimate of drug-likeness (QED) is 0.753. The van der Waals surface area contributed by atoms with Crippen molar-refractivity contribution in [2.75, 3.05) is 13.6 Å². The van der Waals surface area contributed by atoms with Crippen LogP contribution >= 0.6 is 0 Å². The Kier molecular flexibility index (Phi) is 5.76. The van der Waals surface area contributed by atoms with Gasteiger partial charge >= 0.3 is 0 Å². The van der Waals surface area contributed by atoms with Gasteiger partial charge < -0.3 is 10.2 Å². The van der Waals surface area contributed by atoms with E-state index in [1.807, 2.05) is 13.0 Å². The molecule has 2 nitrogen and oxygen atoms in total. The second-order valence-corrected chi connectivity index (χ2v) is 4.64. The molecule has 0 aliphatic rings. The van der Waals surface area contributed by atoms with Gasteiger partial charge in [0.15, 0.2) is 0 Å². The molecule has 1 aromatic rings. The van der Waals surface area contributed by atoms with E-state index in [0.717, 1.165) is 13.1 Å². The molecule has 0 saturated heterocycles. The molecule has 2 heteroatoms. The van der Waals surface area contributed by atoms with E-state index >= 15 is 0 Å². The van der Waals surface area contributed by atoms with E-state index in [-0.39, 0.29) is 6.04 Å². The third-order valence-corrected chi connectivity index (χ3v) is 2.67. The van der Waals surface area contributed by atoms with Crippen LogP contribution in [0.2, 0.25) is 0 Å². The fourth-order valence-electron chi connectivity index (χ4n) is 1.95. The van der Waals surface area contributed by atoms with Crippen molar-refractivity contribution in [1.82, 2.24) is 10.2 Å². The number of benzene rings is 1. The molecule has 0 amide bonds. The number of terminal acetylenes is 1. The number of hydrogen-bond acceptors (Lipinski definition) is 2. The monoisotopic (exact) mass is 230 g/mol. The molecule has 17 heavy (non-hydrogen) atoms. The summed E-state index contributed by atoms with van der Waals surface area (Å²) >= 11 is 0. The van der Waals surface area contributed by atoms with Crippen LogP contribution in [0, 0.1) is 12.3 Å². The summed E-state index contributed by atoms with van der Waals surface area (Å²) in [5.74, 6) is 2.69. The summed E-state index contributed by atoms with van der Waals surface area (Å²) in [6.45, 7) is 6.13. The highest BCUT2D eigenvalue weighted by Gasteiger charge is 2.08. The third-order valence-electron chi connectivity index (χ3n) is 2.67. The van der Waals surface area contributed by atoms with Gasteiger partial charge in [0, 0.05) is 19.1 Å². The van der Waals surface area contributed by atoms with Crippen molar-refractivity contribution in [2.45, 2.75) is 32.5 Å². The van der Waals surface area contributed by atoms with Crippen LogP contribution in [0.25, 0.3) is 0 Å². The van der Waals surface area contributed by atoms with Gasteiger partial charge in [-0.25, -0.2) is 0 Å². The Labute approximate surface area is 105 Å². The van der Waals surface area contributed by atoms with Crippen LogP contribution in [0.15, 0.2) is 30.3 Å². The van der Waals surface area contributed by atoms with E-state index in [0.29, 0.717) is 6.04 Å². The maximum atomic E-state index is 5.35. The zero-order valence-electron chi connectivity index (χ0n) is 11.0. The zero-order valence-corrected chi connectivity index (χ0v) is 11.0. The third kappa shape index (κ3) is 5.53. The lowest BCUT2D eigenvalue weighted by Gasteiger charge is -2.23. The predicted octanol–water partition coefficient (Wildman–Crippen LogP) is 2.12. The van der Waals surface area contributed by atoms with Gasteiger partial charge in [0.1, 0.15) is 0 Å². The molecule has 0 aromatic heterocycles. The van der Waals surface area contributed by atoms with Gasteiger partial charge in [-0.1, -0.05) is 36.3 Å². The van der Waals surface area contributed by atoms with Gasteiger partial charge in [0.05, 0.1) is 6.04 Å². The summed E-state index contributed by atoms with van der Waals surface area (Å²) in [4.78, 5) is 2.30. The fourth-order valence-corrected chi connectivity index (χ4v) is 1.95. The lowest BCUT2D eigenvalue weighted by molar-refractivity contribution is 0.286. The topological polar surface area (TPSA) is 15.3 Å². The number of nitrogens with zero attached hydrogens (tertiary/aromatic N) is 1. The van der Waals surface area contributed by atoms with Crippen LogP contribution in [-0.2, 0) is 6.54 Å². The molecule has 1 rings (SSSR count). The van der Waals surface area contributed by atoms with Gasteiger partial charge in [-0.2, -0.15) is 0 Å². The molecule has 1 N–H and O–H groups in total. The van der Waals surface area contributed by atoms with Crippen LogP contribution in [0.3, 0.4) is 0 Å².